The van der Waals surface area contributed by atoms with E-state index in [4.69, 9.17) is 11.5 Å². The van der Waals surface area contributed by atoms with Gasteiger partial charge in [0.1, 0.15) is 6.04 Å². The van der Waals surface area contributed by atoms with E-state index in [2.05, 4.69) is 20.9 Å². The molecule has 30 heavy (non-hydrogen) atoms. The van der Waals surface area contributed by atoms with Crippen LogP contribution in [0.2, 0.25) is 0 Å². The topological polar surface area (TPSA) is 135 Å². The number of benzene rings is 1. The zero-order chi connectivity index (χ0) is 20.9. The lowest BCUT2D eigenvalue weighted by atomic mass is 10.0. The molecule has 7 N–H and O–H groups in total. The number of nitrogens with two attached hydrogens (primary N) is 2. The predicted octanol–water partition coefficient (Wildman–Crippen LogP) is 1.22. The minimum Gasteiger partial charge on any atom is -0.370 e. The van der Waals surface area contributed by atoms with Crippen molar-refractivity contribution in [3.63, 3.8) is 0 Å². The van der Waals surface area contributed by atoms with Gasteiger partial charge in [0.2, 0.25) is 11.8 Å². The summed E-state index contributed by atoms with van der Waals surface area (Å²) >= 11 is 0. The summed E-state index contributed by atoms with van der Waals surface area (Å²) in [6.45, 7) is 5.02. The molecule has 0 aliphatic heterocycles. The van der Waals surface area contributed by atoms with Crippen LogP contribution in [0.15, 0.2) is 35.3 Å². The third kappa shape index (κ3) is 12.3. The molecule has 2 amide bonds. The summed E-state index contributed by atoms with van der Waals surface area (Å²) in [6.07, 6.45) is 1.69. The summed E-state index contributed by atoms with van der Waals surface area (Å²) in [5.41, 5.74) is 12.5. The summed E-state index contributed by atoms with van der Waals surface area (Å²) in [5.74, 6) is 0.0824. The molecule has 1 aromatic carbocycles. The molecule has 0 aliphatic rings. The first kappa shape index (κ1) is 29.9. The molecule has 0 aliphatic carbocycles. The molecule has 0 fully saturated rings. The number of carbonyl (C=O) groups excluding carboxylic acids is 2. The lowest BCUT2D eigenvalue weighted by molar-refractivity contribution is -0.130. The van der Waals surface area contributed by atoms with Crippen molar-refractivity contribution in [2.75, 3.05) is 13.6 Å². The molecule has 0 unspecified atom stereocenters. The summed E-state index contributed by atoms with van der Waals surface area (Å²) in [6, 6.07) is 8.35. The Bertz CT molecular complexity index is 640. The van der Waals surface area contributed by atoms with E-state index < -0.39 is 12.1 Å². The zero-order valence-corrected chi connectivity index (χ0v) is 18.6. The average Bonchev–Trinajstić information content (AvgIpc) is 2.68. The van der Waals surface area contributed by atoms with Gasteiger partial charge in [-0.2, -0.15) is 13.5 Å². The van der Waals surface area contributed by atoms with Crippen molar-refractivity contribution in [2.45, 2.75) is 59.2 Å². The maximum absolute atomic E-state index is 12.6. The normalized spacial score (nSPS) is 12.8. The first-order valence-electron chi connectivity index (χ1n) is 9.67. The van der Waals surface area contributed by atoms with Crippen LogP contribution < -0.4 is 27.4 Å². The van der Waals surface area contributed by atoms with Gasteiger partial charge in [-0.05, 0) is 30.7 Å². The van der Waals surface area contributed by atoms with Gasteiger partial charge in [0.05, 0.1) is 6.04 Å². The number of aliphatic imine (C=N–C) groups is 1. The molecule has 9 heteroatoms. The highest BCUT2D eigenvalue weighted by Gasteiger charge is 2.24. The second-order valence-electron chi connectivity index (χ2n) is 7.18. The van der Waals surface area contributed by atoms with Crippen molar-refractivity contribution in [3.8, 4) is 0 Å². The molecule has 1 aromatic rings. The highest BCUT2D eigenvalue weighted by molar-refractivity contribution is 7.59. The SMILES string of the molecule is C.CN=C(N)NCCC[C@@H](N)C(=O)N[C@@H](CC(C)C)C(=O)NCc1ccccc1.S. The van der Waals surface area contributed by atoms with Crippen molar-refractivity contribution in [3.05, 3.63) is 35.9 Å². The monoisotopic (exact) mass is 440 g/mol. The van der Waals surface area contributed by atoms with Crippen LogP contribution in [0.5, 0.6) is 0 Å². The molecule has 8 nitrogen and oxygen atoms in total. The molecule has 0 aromatic heterocycles. The zero-order valence-electron chi connectivity index (χ0n) is 17.6. The van der Waals surface area contributed by atoms with Crippen LogP contribution in [0.3, 0.4) is 0 Å². The molecular formula is C21H40N6O2S. The van der Waals surface area contributed by atoms with E-state index in [0.717, 1.165) is 5.56 Å². The van der Waals surface area contributed by atoms with Gasteiger partial charge in [-0.15, -0.1) is 0 Å². The van der Waals surface area contributed by atoms with E-state index in [-0.39, 0.29) is 38.7 Å². The van der Waals surface area contributed by atoms with Crippen LogP contribution in [-0.2, 0) is 16.1 Å². The molecular weight excluding hydrogens is 400 g/mol. The lowest BCUT2D eigenvalue weighted by Gasteiger charge is -2.22. The Hall–Kier alpha value is -2.26. The smallest absolute Gasteiger partial charge is 0.242 e. The number of rotatable bonds is 11. The number of nitrogens with zero attached hydrogens (tertiary/aromatic N) is 1. The molecule has 0 saturated carbocycles. The van der Waals surface area contributed by atoms with E-state index in [0.29, 0.717) is 38.3 Å². The first-order chi connectivity index (χ1) is 13.3. The maximum atomic E-state index is 12.6. The fourth-order valence-corrected chi connectivity index (χ4v) is 2.64. The molecule has 0 bridgehead atoms. The number of carbonyl (C=O) groups is 2. The minimum atomic E-state index is -0.682. The molecule has 0 heterocycles. The fourth-order valence-electron chi connectivity index (χ4n) is 2.64. The Morgan fingerprint density at radius 2 is 1.73 bits per heavy atom. The molecule has 0 radical (unpaired) electrons. The van der Waals surface area contributed by atoms with Gasteiger partial charge in [0, 0.05) is 20.1 Å². The summed E-state index contributed by atoms with van der Waals surface area (Å²) < 4.78 is 0. The Morgan fingerprint density at radius 3 is 2.30 bits per heavy atom. The summed E-state index contributed by atoms with van der Waals surface area (Å²) in [4.78, 5) is 28.8. The van der Waals surface area contributed by atoms with Gasteiger partial charge >= 0.3 is 0 Å². The van der Waals surface area contributed by atoms with E-state index >= 15 is 0 Å². The van der Waals surface area contributed by atoms with Gasteiger partial charge in [0.15, 0.2) is 5.96 Å². The molecule has 2 atom stereocenters. The van der Waals surface area contributed by atoms with Crippen molar-refractivity contribution in [1.82, 2.24) is 16.0 Å². The quantitative estimate of drug-likeness (QED) is 0.200. The molecule has 0 spiro atoms. The van der Waals surface area contributed by atoms with Crippen LogP contribution in [0.1, 0.15) is 46.1 Å². The third-order valence-corrected chi connectivity index (χ3v) is 4.23. The Morgan fingerprint density at radius 1 is 1.10 bits per heavy atom. The van der Waals surface area contributed by atoms with Crippen LogP contribution in [0.25, 0.3) is 0 Å². The summed E-state index contributed by atoms with van der Waals surface area (Å²) in [7, 11) is 1.60. The van der Waals surface area contributed by atoms with Gasteiger partial charge in [-0.1, -0.05) is 51.6 Å². The number of amides is 2. The highest BCUT2D eigenvalue weighted by atomic mass is 32.1. The predicted molar refractivity (Wildman–Crippen MR) is 130 cm³/mol. The van der Waals surface area contributed by atoms with Crippen molar-refractivity contribution >= 4 is 31.3 Å². The second kappa shape index (κ2) is 16.5. The highest BCUT2D eigenvalue weighted by Crippen LogP contribution is 2.07. The number of nitrogens with one attached hydrogen (secondary N) is 3. The van der Waals surface area contributed by atoms with Crippen molar-refractivity contribution < 1.29 is 9.59 Å². The number of hydrogen-bond donors (Lipinski definition) is 5. The van der Waals surface area contributed by atoms with Crippen LogP contribution >= 0.6 is 13.5 Å². The fraction of sp³-hybridized carbons (Fsp3) is 0.571. The Kier molecular flexibility index (Phi) is 16.5. The van der Waals surface area contributed by atoms with Gasteiger partial charge in [-0.25, -0.2) is 0 Å². The van der Waals surface area contributed by atoms with Crippen LogP contribution in [0, 0.1) is 5.92 Å². The maximum Gasteiger partial charge on any atom is 0.242 e. The first-order valence-corrected chi connectivity index (χ1v) is 9.67. The average molecular weight is 441 g/mol. The number of hydrogen-bond acceptors (Lipinski definition) is 4. The minimum absolute atomic E-state index is 0. The summed E-state index contributed by atoms with van der Waals surface area (Å²) in [5, 5.41) is 8.61. The van der Waals surface area contributed by atoms with Gasteiger partial charge in [0.25, 0.3) is 0 Å². The Labute approximate surface area is 188 Å². The van der Waals surface area contributed by atoms with Gasteiger partial charge < -0.3 is 27.4 Å². The molecule has 0 saturated heterocycles. The van der Waals surface area contributed by atoms with Gasteiger partial charge in [-0.3, -0.25) is 14.6 Å². The van der Waals surface area contributed by atoms with Crippen LogP contribution in [-0.4, -0.2) is 43.5 Å². The standard InChI is InChI=1S/C20H34N6O2.CH4.H2S/c1-14(2)12-17(19(28)25-13-15-8-5-4-6-9-15)26-18(27)16(21)10-7-11-24-20(22)23-3;;/h4-6,8-9,14,16-17H,7,10-13,21H2,1-3H3,(H,25,28)(H,26,27)(H3,22,23,24);1H4;1H2/t16-,17+;;/m1../s1. The van der Waals surface area contributed by atoms with E-state index in [1.165, 1.54) is 0 Å². The van der Waals surface area contributed by atoms with E-state index in [1.807, 2.05) is 44.2 Å². The Balaban J connectivity index is 0. The van der Waals surface area contributed by atoms with E-state index in [9.17, 15) is 9.59 Å². The van der Waals surface area contributed by atoms with Crippen molar-refractivity contribution in [1.29, 1.82) is 0 Å². The van der Waals surface area contributed by atoms with E-state index in [1.54, 1.807) is 7.05 Å². The molecule has 172 valence electrons. The molecule has 1 rings (SSSR count). The number of guanidine groups is 1. The lowest BCUT2D eigenvalue weighted by Crippen LogP contribution is -2.52. The second-order valence-corrected chi connectivity index (χ2v) is 7.18. The third-order valence-electron chi connectivity index (χ3n) is 4.23. The van der Waals surface area contributed by atoms with Crippen molar-refractivity contribution in [2.24, 2.45) is 22.4 Å². The largest absolute Gasteiger partial charge is 0.370 e. The van der Waals surface area contributed by atoms with Crippen LogP contribution in [0.4, 0.5) is 0 Å².